The summed E-state index contributed by atoms with van der Waals surface area (Å²) in [6, 6.07) is 5.91. The first kappa shape index (κ1) is 26.5. The van der Waals surface area contributed by atoms with Gasteiger partial charge in [-0.1, -0.05) is 39.7 Å². The minimum absolute atomic E-state index is 0.0198. The number of aliphatic imine (C=N–C) groups is 1. The lowest BCUT2D eigenvalue weighted by molar-refractivity contribution is -0.144. The highest BCUT2D eigenvalue weighted by Gasteiger charge is 2.46. The number of fused-ring (bicyclic) bond motifs is 1. The lowest BCUT2D eigenvalue weighted by Crippen LogP contribution is -2.55. The van der Waals surface area contributed by atoms with Gasteiger partial charge in [0.25, 0.3) is 5.91 Å². The van der Waals surface area contributed by atoms with Gasteiger partial charge in [-0.3, -0.25) is 14.6 Å². The Labute approximate surface area is 223 Å². The molecule has 202 valence electrons. The average molecular weight is 521 g/mol. The van der Waals surface area contributed by atoms with E-state index in [1.54, 1.807) is 29.3 Å². The predicted molar refractivity (Wildman–Crippen MR) is 144 cm³/mol. The Morgan fingerprint density at radius 2 is 1.97 bits per heavy atom. The second kappa shape index (κ2) is 10.9. The summed E-state index contributed by atoms with van der Waals surface area (Å²) in [4.78, 5) is 34.8. The van der Waals surface area contributed by atoms with Gasteiger partial charge in [0.2, 0.25) is 5.91 Å². The van der Waals surface area contributed by atoms with Crippen LogP contribution in [0.1, 0.15) is 52.0 Å². The van der Waals surface area contributed by atoms with E-state index in [0.29, 0.717) is 43.2 Å². The number of nitrogens with zero attached hydrogens (tertiary/aromatic N) is 3. The van der Waals surface area contributed by atoms with Crippen molar-refractivity contribution in [2.24, 2.45) is 28.7 Å². The van der Waals surface area contributed by atoms with Crippen molar-refractivity contribution >= 4 is 23.7 Å². The van der Waals surface area contributed by atoms with Crippen molar-refractivity contribution in [3.63, 3.8) is 0 Å². The fraction of sp³-hybridized carbons (Fsp3) is 0.533. The van der Waals surface area contributed by atoms with Gasteiger partial charge in [0.1, 0.15) is 11.9 Å². The molecule has 4 unspecified atom stereocenters. The van der Waals surface area contributed by atoms with Gasteiger partial charge in [0.05, 0.1) is 23.9 Å². The molecule has 8 heteroatoms. The molecule has 4 aliphatic rings. The number of allylic oxidation sites excluding steroid dienone is 3. The molecule has 2 saturated heterocycles. The number of amides is 2. The highest BCUT2D eigenvalue weighted by atomic mass is 19.1. The Balaban J connectivity index is 1.27. The number of rotatable bonds is 7. The molecule has 0 spiro atoms. The third kappa shape index (κ3) is 5.65. The third-order valence-corrected chi connectivity index (χ3v) is 8.10. The monoisotopic (exact) mass is 520 g/mol. The van der Waals surface area contributed by atoms with Crippen molar-refractivity contribution in [3.05, 3.63) is 59.1 Å². The first-order chi connectivity index (χ1) is 18.2. The summed E-state index contributed by atoms with van der Waals surface area (Å²) in [6.45, 7) is 7.57. The zero-order valence-electron chi connectivity index (χ0n) is 22.4. The number of hydrogen-bond donors (Lipinski definition) is 1. The van der Waals surface area contributed by atoms with Crippen molar-refractivity contribution in [1.29, 1.82) is 5.41 Å². The molecular weight excluding hydrogens is 483 g/mol. The standard InChI is InChI=1S/C30H37FN4O3/c1-18(2)23(15-25(32)21-7-9-22(31)10-8-21)26-11-4-19(3)24(16-33-26)29(36)34-12-13-35-28(17-34)38-27(30(35)37)14-20-5-6-20/h7-11,15-16,18-20,24,27-28,32H,4-6,12-14,17H2,1-3H3/b23-15-,32-25?. The Hall–Kier alpha value is -3.13. The zero-order valence-corrected chi connectivity index (χ0v) is 22.4. The van der Waals surface area contributed by atoms with Crippen molar-refractivity contribution in [3.8, 4) is 0 Å². The largest absolute Gasteiger partial charge is 0.343 e. The molecule has 1 saturated carbocycles. The van der Waals surface area contributed by atoms with Crippen LogP contribution >= 0.6 is 0 Å². The number of nitrogens with one attached hydrogen (secondary N) is 1. The van der Waals surface area contributed by atoms with Crippen LogP contribution in [-0.4, -0.2) is 65.5 Å². The summed E-state index contributed by atoms with van der Waals surface area (Å²) in [6.07, 6.45) is 8.72. The molecule has 7 nitrogen and oxygen atoms in total. The van der Waals surface area contributed by atoms with Gasteiger partial charge in [-0.2, -0.15) is 0 Å². The van der Waals surface area contributed by atoms with Gasteiger partial charge in [-0.15, -0.1) is 0 Å². The van der Waals surface area contributed by atoms with Crippen molar-refractivity contribution in [2.75, 3.05) is 19.6 Å². The van der Waals surface area contributed by atoms with E-state index in [1.165, 1.54) is 25.0 Å². The quantitative estimate of drug-likeness (QED) is 0.534. The number of carbonyl (C=O) groups is 2. The molecule has 0 bridgehead atoms. The Bertz CT molecular complexity index is 1180. The second-order valence-corrected chi connectivity index (χ2v) is 11.4. The maximum atomic E-state index is 13.6. The molecule has 3 heterocycles. The predicted octanol–water partition coefficient (Wildman–Crippen LogP) is 4.58. The SMILES string of the molecule is CC(C)/C(=C/C(=N)c1ccc(F)cc1)C1=CCC(C)C(C(=O)N2CCN3C(=O)C(CC4CC4)OC3C2)C=N1. The van der Waals surface area contributed by atoms with E-state index >= 15 is 0 Å². The van der Waals surface area contributed by atoms with Crippen LogP contribution in [0.3, 0.4) is 0 Å². The maximum absolute atomic E-state index is 13.6. The van der Waals surface area contributed by atoms with E-state index in [9.17, 15) is 14.0 Å². The van der Waals surface area contributed by atoms with E-state index in [2.05, 4.69) is 26.8 Å². The number of piperazine rings is 1. The molecule has 3 fully saturated rings. The van der Waals surface area contributed by atoms with Gasteiger partial charge >= 0.3 is 0 Å². The fourth-order valence-electron chi connectivity index (χ4n) is 5.48. The molecule has 1 N–H and O–H groups in total. The summed E-state index contributed by atoms with van der Waals surface area (Å²) in [5.41, 5.74) is 2.60. The lowest BCUT2D eigenvalue weighted by Gasteiger charge is -2.37. The van der Waals surface area contributed by atoms with Crippen LogP contribution < -0.4 is 0 Å². The number of carbonyl (C=O) groups excluding carboxylic acids is 2. The molecule has 38 heavy (non-hydrogen) atoms. The molecule has 0 radical (unpaired) electrons. The molecule has 5 rings (SSSR count). The molecule has 2 amide bonds. The van der Waals surface area contributed by atoms with Crippen LogP contribution in [0.2, 0.25) is 0 Å². The molecule has 1 aromatic rings. The minimum Gasteiger partial charge on any atom is -0.343 e. The Morgan fingerprint density at radius 1 is 1.24 bits per heavy atom. The zero-order chi connectivity index (χ0) is 27.0. The summed E-state index contributed by atoms with van der Waals surface area (Å²) in [7, 11) is 0. The maximum Gasteiger partial charge on any atom is 0.253 e. The summed E-state index contributed by atoms with van der Waals surface area (Å²) in [5, 5.41) is 8.53. The van der Waals surface area contributed by atoms with Gasteiger partial charge < -0.3 is 19.9 Å². The molecule has 1 aromatic carbocycles. The fourth-order valence-corrected chi connectivity index (χ4v) is 5.48. The molecule has 0 aromatic heterocycles. The van der Waals surface area contributed by atoms with Gasteiger partial charge in [0.15, 0.2) is 6.23 Å². The number of ether oxygens (including phenoxy) is 1. The number of hydrogen-bond acceptors (Lipinski definition) is 5. The van der Waals surface area contributed by atoms with Crippen LogP contribution in [0.25, 0.3) is 0 Å². The number of halogens is 1. The summed E-state index contributed by atoms with van der Waals surface area (Å²) < 4.78 is 19.4. The highest BCUT2D eigenvalue weighted by molar-refractivity contribution is 6.07. The lowest BCUT2D eigenvalue weighted by atomic mass is 9.90. The van der Waals surface area contributed by atoms with Gasteiger partial charge in [-0.05, 0) is 72.1 Å². The third-order valence-electron chi connectivity index (χ3n) is 8.10. The Morgan fingerprint density at radius 3 is 2.66 bits per heavy atom. The van der Waals surface area contributed by atoms with Crippen LogP contribution in [0, 0.1) is 34.9 Å². The normalized spacial score (nSPS) is 27.9. The van der Waals surface area contributed by atoms with Crippen LogP contribution in [0.5, 0.6) is 0 Å². The van der Waals surface area contributed by atoms with Gasteiger partial charge in [0, 0.05) is 19.3 Å². The smallest absolute Gasteiger partial charge is 0.253 e. The van der Waals surface area contributed by atoms with E-state index in [1.807, 2.05) is 4.90 Å². The number of benzene rings is 1. The minimum atomic E-state index is -0.375. The molecule has 1 aliphatic carbocycles. The van der Waals surface area contributed by atoms with E-state index in [4.69, 9.17) is 15.1 Å². The topological polar surface area (TPSA) is 86.1 Å². The first-order valence-electron chi connectivity index (χ1n) is 13.8. The average Bonchev–Trinajstić information content (AvgIpc) is 3.69. The molecular formula is C30H37FN4O3. The first-order valence-corrected chi connectivity index (χ1v) is 13.8. The molecule has 3 aliphatic heterocycles. The van der Waals surface area contributed by atoms with Crippen molar-refractivity contribution in [1.82, 2.24) is 9.80 Å². The highest BCUT2D eigenvalue weighted by Crippen LogP contribution is 2.37. The van der Waals surface area contributed by atoms with E-state index < -0.39 is 0 Å². The van der Waals surface area contributed by atoms with Crippen molar-refractivity contribution < 1.29 is 18.7 Å². The summed E-state index contributed by atoms with van der Waals surface area (Å²) >= 11 is 0. The second-order valence-electron chi connectivity index (χ2n) is 11.4. The van der Waals surface area contributed by atoms with Crippen LogP contribution in [-0.2, 0) is 14.3 Å². The van der Waals surface area contributed by atoms with Gasteiger partial charge in [-0.25, -0.2) is 4.39 Å². The summed E-state index contributed by atoms with van der Waals surface area (Å²) in [5.74, 6) is 0.159. The van der Waals surface area contributed by atoms with E-state index in [-0.39, 0.29) is 47.7 Å². The Kier molecular flexibility index (Phi) is 7.61. The molecule has 4 atom stereocenters. The van der Waals surface area contributed by atoms with Crippen molar-refractivity contribution in [2.45, 2.75) is 58.8 Å². The van der Waals surface area contributed by atoms with Crippen LogP contribution in [0.15, 0.2) is 52.7 Å². The van der Waals surface area contributed by atoms with Crippen LogP contribution in [0.4, 0.5) is 4.39 Å². The van der Waals surface area contributed by atoms with E-state index in [0.717, 1.165) is 17.7 Å².